The van der Waals surface area contributed by atoms with Crippen LogP contribution in [0.1, 0.15) is 45.2 Å². The van der Waals surface area contributed by atoms with Gasteiger partial charge in [0.15, 0.2) is 0 Å². The Balaban J connectivity index is 1.76. The Morgan fingerprint density at radius 1 is 1.16 bits per heavy atom. The van der Waals surface area contributed by atoms with Gasteiger partial charge in [-0.1, -0.05) is 63.3 Å². The number of allylic oxidation sites excluding steroid dienone is 1. The van der Waals surface area contributed by atoms with Crippen molar-refractivity contribution >= 4 is 0 Å². The molecule has 0 radical (unpaired) electrons. The Morgan fingerprint density at radius 3 is 2.53 bits per heavy atom. The summed E-state index contributed by atoms with van der Waals surface area (Å²) in [6.45, 7) is 6.99. The van der Waals surface area contributed by atoms with Gasteiger partial charge in [-0.2, -0.15) is 0 Å². The molecular weight excluding hydrogens is 230 g/mol. The lowest BCUT2D eigenvalue weighted by molar-refractivity contribution is 0.120. The number of nitrogens with one attached hydrogen (secondary N) is 1. The second kappa shape index (κ2) is 4.79. The van der Waals surface area contributed by atoms with E-state index in [9.17, 15) is 0 Å². The van der Waals surface area contributed by atoms with Crippen molar-refractivity contribution in [1.29, 1.82) is 0 Å². The SMILES string of the molecule is CC(C)(C)C(NC1CC2CC=CC21)c1ccccc1. The van der Waals surface area contributed by atoms with Gasteiger partial charge in [-0.25, -0.2) is 0 Å². The van der Waals surface area contributed by atoms with E-state index in [2.05, 4.69) is 68.6 Å². The third-order valence-electron chi connectivity index (χ3n) is 4.74. The van der Waals surface area contributed by atoms with Crippen LogP contribution in [0.5, 0.6) is 0 Å². The van der Waals surface area contributed by atoms with Crippen LogP contribution in [-0.4, -0.2) is 6.04 Å². The van der Waals surface area contributed by atoms with E-state index in [4.69, 9.17) is 0 Å². The van der Waals surface area contributed by atoms with Crippen LogP contribution in [0.4, 0.5) is 0 Å². The smallest absolute Gasteiger partial charge is 0.0371 e. The van der Waals surface area contributed by atoms with E-state index in [0.717, 1.165) is 11.8 Å². The Hall–Kier alpha value is -1.08. The number of hydrogen-bond donors (Lipinski definition) is 1. The summed E-state index contributed by atoms with van der Waals surface area (Å²) in [6, 6.07) is 12.0. The van der Waals surface area contributed by atoms with E-state index in [1.165, 1.54) is 18.4 Å². The number of benzene rings is 1. The van der Waals surface area contributed by atoms with E-state index < -0.39 is 0 Å². The summed E-state index contributed by atoms with van der Waals surface area (Å²) in [7, 11) is 0. The highest BCUT2D eigenvalue weighted by Crippen LogP contribution is 2.45. The molecule has 19 heavy (non-hydrogen) atoms. The van der Waals surface area contributed by atoms with E-state index in [1.807, 2.05) is 0 Å². The molecule has 0 spiro atoms. The molecule has 1 aromatic carbocycles. The molecule has 2 aliphatic carbocycles. The van der Waals surface area contributed by atoms with Gasteiger partial charge in [0.2, 0.25) is 0 Å². The van der Waals surface area contributed by atoms with E-state index >= 15 is 0 Å². The second-order valence-electron chi connectivity index (χ2n) is 7.22. The third kappa shape index (κ3) is 2.49. The summed E-state index contributed by atoms with van der Waals surface area (Å²) in [5.41, 5.74) is 1.66. The van der Waals surface area contributed by atoms with Gasteiger partial charge in [0.25, 0.3) is 0 Å². The zero-order valence-electron chi connectivity index (χ0n) is 12.3. The first-order chi connectivity index (χ1) is 9.05. The molecule has 1 fully saturated rings. The monoisotopic (exact) mass is 255 g/mol. The molecule has 1 saturated carbocycles. The molecule has 3 rings (SSSR count). The standard InChI is InChI=1S/C18H25N/c1-18(2,3)17(13-8-5-4-6-9-13)19-16-12-14-10-7-11-15(14)16/h4-9,11,14-17,19H,10,12H2,1-3H3. The molecule has 1 N–H and O–H groups in total. The van der Waals surface area contributed by atoms with Gasteiger partial charge in [0.1, 0.15) is 0 Å². The Labute approximate surface area is 117 Å². The molecule has 1 nitrogen and oxygen atoms in total. The molecule has 0 bridgehead atoms. The fourth-order valence-corrected chi connectivity index (χ4v) is 3.61. The highest BCUT2D eigenvalue weighted by Gasteiger charge is 2.43. The summed E-state index contributed by atoms with van der Waals surface area (Å²) < 4.78 is 0. The molecule has 0 heterocycles. The van der Waals surface area contributed by atoms with Gasteiger partial charge in [0.05, 0.1) is 0 Å². The van der Waals surface area contributed by atoms with Gasteiger partial charge in [-0.05, 0) is 35.7 Å². The minimum atomic E-state index is 0.245. The first kappa shape index (κ1) is 12.9. The van der Waals surface area contributed by atoms with Crippen LogP contribution in [0.15, 0.2) is 42.5 Å². The summed E-state index contributed by atoms with van der Waals surface area (Å²) >= 11 is 0. The average molecular weight is 255 g/mol. The first-order valence-electron chi connectivity index (χ1n) is 7.53. The largest absolute Gasteiger partial charge is 0.306 e. The summed E-state index contributed by atoms with van der Waals surface area (Å²) in [6.07, 6.45) is 7.44. The highest BCUT2D eigenvalue weighted by molar-refractivity contribution is 5.22. The van der Waals surface area contributed by atoms with Crippen molar-refractivity contribution < 1.29 is 0 Å². The van der Waals surface area contributed by atoms with Crippen LogP contribution in [0.3, 0.4) is 0 Å². The maximum atomic E-state index is 3.93. The van der Waals surface area contributed by atoms with Crippen LogP contribution in [0.25, 0.3) is 0 Å². The van der Waals surface area contributed by atoms with Crippen molar-refractivity contribution in [2.75, 3.05) is 0 Å². The van der Waals surface area contributed by atoms with E-state index in [0.29, 0.717) is 12.1 Å². The topological polar surface area (TPSA) is 12.0 Å². The van der Waals surface area contributed by atoms with Gasteiger partial charge < -0.3 is 5.32 Å². The predicted octanol–water partition coefficient (Wildman–Crippen LogP) is 4.33. The lowest BCUT2D eigenvalue weighted by Crippen LogP contribution is -2.51. The van der Waals surface area contributed by atoms with E-state index in [-0.39, 0.29) is 5.41 Å². The van der Waals surface area contributed by atoms with Crippen LogP contribution in [0, 0.1) is 17.3 Å². The number of rotatable bonds is 3. The first-order valence-corrected chi connectivity index (χ1v) is 7.53. The maximum absolute atomic E-state index is 3.93. The lowest BCUT2D eigenvalue weighted by Gasteiger charge is -2.45. The molecular formula is C18H25N. The lowest BCUT2D eigenvalue weighted by atomic mass is 9.70. The molecule has 4 atom stereocenters. The van der Waals surface area contributed by atoms with Crippen molar-refractivity contribution in [2.24, 2.45) is 17.3 Å². The van der Waals surface area contributed by atoms with Crippen molar-refractivity contribution in [3.05, 3.63) is 48.0 Å². The number of fused-ring (bicyclic) bond motifs is 1. The zero-order chi connectivity index (χ0) is 13.5. The fourth-order valence-electron chi connectivity index (χ4n) is 3.61. The molecule has 1 heteroatoms. The summed E-state index contributed by atoms with van der Waals surface area (Å²) in [4.78, 5) is 0. The Morgan fingerprint density at radius 2 is 1.89 bits per heavy atom. The van der Waals surface area contributed by atoms with Crippen molar-refractivity contribution in [1.82, 2.24) is 5.32 Å². The van der Waals surface area contributed by atoms with Gasteiger partial charge in [-0.15, -0.1) is 0 Å². The van der Waals surface area contributed by atoms with Gasteiger partial charge >= 0.3 is 0 Å². The normalized spacial score (nSPS) is 30.8. The molecule has 4 unspecified atom stereocenters. The molecule has 0 amide bonds. The molecule has 2 aliphatic rings. The molecule has 0 aliphatic heterocycles. The fraction of sp³-hybridized carbons (Fsp3) is 0.556. The Bertz CT molecular complexity index is 454. The van der Waals surface area contributed by atoms with Crippen molar-refractivity contribution in [3.8, 4) is 0 Å². The van der Waals surface area contributed by atoms with Gasteiger partial charge in [0, 0.05) is 12.1 Å². The quantitative estimate of drug-likeness (QED) is 0.793. The molecule has 1 aromatic rings. The second-order valence-corrected chi connectivity index (χ2v) is 7.22. The van der Waals surface area contributed by atoms with Gasteiger partial charge in [-0.3, -0.25) is 0 Å². The highest BCUT2D eigenvalue weighted by atomic mass is 15.0. The minimum absolute atomic E-state index is 0.245. The molecule has 0 aromatic heterocycles. The maximum Gasteiger partial charge on any atom is 0.0371 e. The third-order valence-corrected chi connectivity index (χ3v) is 4.74. The van der Waals surface area contributed by atoms with E-state index in [1.54, 1.807) is 0 Å². The summed E-state index contributed by atoms with van der Waals surface area (Å²) in [5.74, 6) is 1.71. The van der Waals surface area contributed by atoms with Crippen LogP contribution >= 0.6 is 0 Å². The molecule has 0 saturated heterocycles. The predicted molar refractivity (Wildman–Crippen MR) is 80.9 cm³/mol. The zero-order valence-corrected chi connectivity index (χ0v) is 12.3. The Kier molecular flexibility index (Phi) is 3.26. The average Bonchev–Trinajstić information content (AvgIpc) is 2.71. The van der Waals surface area contributed by atoms with Crippen LogP contribution in [-0.2, 0) is 0 Å². The van der Waals surface area contributed by atoms with Crippen LogP contribution < -0.4 is 5.32 Å². The van der Waals surface area contributed by atoms with Crippen LogP contribution in [0.2, 0.25) is 0 Å². The summed E-state index contributed by atoms with van der Waals surface area (Å²) in [5, 5.41) is 3.93. The minimum Gasteiger partial charge on any atom is -0.306 e. The van der Waals surface area contributed by atoms with Crippen molar-refractivity contribution in [2.45, 2.75) is 45.7 Å². The molecule has 102 valence electrons. The number of hydrogen-bond acceptors (Lipinski definition) is 1. The van der Waals surface area contributed by atoms with Crippen molar-refractivity contribution in [3.63, 3.8) is 0 Å².